The van der Waals surface area contributed by atoms with Crippen LogP contribution in [-0.2, 0) is 4.74 Å². The summed E-state index contributed by atoms with van der Waals surface area (Å²) < 4.78 is 5.90. The molecule has 18 heavy (non-hydrogen) atoms. The van der Waals surface area contributed by atoms with Crippen LogP contribution in [0.1, 0.15) is 66.2 Å². The van der Waals surface area contributed by atoms with E-state index < -0.39 is 6.10 Å². The lowest BCUT2D eigenvalue weighted by Crippen LogP contribution is -2.46. The van der Waals surface area contributed by atoms with Crippen LogP contribution in [0.2, 0.25) is 0 Å². The Hall–Kier alpha value is -0.520. The molecule has 0 heterocycles. The predicted molar refractivity (Wildman–Crippen MR) is 75.3 cm³/mol. The maximum absolute atomic E-state index is 10.4. The summed E-state index contributed by atoms with van der Waals surface area (Å²) in [5.41, 5.74) is -0.329. The zero-order chi connectivity index (χ0) is 13.6. The van der Waals surface area contributed by atoms with Crippen molar-refractivity contribution in [3.05, 3.63) is 0 Å². The summed E-state index contributed by atoms with van der Waals surface area (Å²) in [4.78, 5) is 0. The van der Waals surface area contributed by atoms with Crippen molar-refractivity contribution in [2.45, 2.75) is 77.9 Å². The molecule has 0 saturated heterocycles. The summed E-state index contributed by atoms with van der Waals surface area (Å²) in [7, 11) is 0. The van der Waals surface area contributed by atoms with Gasteiger partial charge in [-0.3, -0.25) is 0 Å². The fraction of sp³-hybridized carbons (Fsp3) is 0.875. The molecule has 0 radical (unpaired) electrons. The van der Waals surface area contributed by atoms with Gasteiger partial charge in [0.2, 0.25) is 0 Å². The minimum Gasteiger partial charge on any atom is -0.389 e. The van der Waals surface area contributed by atoms with Gasteiger partial charge >= 0.3 is 0 Å². The van der Waals surface area contributed by atoms with E-state index in [1.54, 1.807) is 0 Å². The van der Waals surface area contributed by atoms with Gasteiger partial charge in [0.1, 0.15) is 0 Å². The Labute approximate surface area is 112 Å². The van der Waals surface area contributed by atoms with Crippen LogP contribution in [0.15, 0.2) is 0 Å². The molecule has 2 nitrogen and oxygen atoms in total. The smallest absolute Gasteiger partial charge is 0.0949 e. The average Bonchev–Trinajstić information content (AvgIpc) is 2.29. The monoisotopic (exact) mass is 252 g/mol. The third-order valence-corrected chi connectivity index (χ3v) is 3.50. The van der Waals surface area contributed by atoms with Crippen molar-refractivity contribution in [2.75, 3.05) is 6.61 Å². The van der Waals surface area contributed by atoms with E-state index in [0.717, 1.165) is 25.7 Å². The predicted octanol–water partition coefficient (Wildman–Crippen LogP) is 3.53. The Balaban J connectivity index is 2.64. The molecule has 0 spiro atoms. The molecule has 1 atom stereocenters. The third-order valence-electron chi connectivity index (χ3n) is 3.50. The van der Waals surface area contributed by atoms with Crippen molar-refractivity contribution in [3.63, 3.8) is 0 Å². The lowest BCUT2D eigenvalue weighted by Gasteiger charge is -2.40. The average molecular weight is 252 g/mol. The zero-order valence-electron chi connectivity index (χ0n) is 12.4. The number of hydrogen-bond acceptors (Lipinski definition) is 2. The highest BCUT2D eigenvalue weighted by atomic mass is 16.5. The Kier molecular flexibility index (Phi) is 5.69. The van der Waals surface area contributed by atoms with Crippen molar-refractivity contribution in [1.29, 1.82) is 0 Å². The number of ether oxygens (including phenoxy) is 1. The summed E-state index contributed by atoms with van der Waals surface area (Å²) in [6, 6.07) is 0. The topological polar surface area (TPSA) is 29.5 Å². The van der Waals surface area contributed by atoms with Gasteiger partial charge in [-0.15, -0.1) is 0 Å². The highest BCUT2D eigenvalue weighted by Gasteiger charge is 2.39. The third kappa shape index (κ3) is 4.63. The number of rotatable bonds is 4. The maximum atomic E-state index is 10.4. The molecule has 0 aromatic rings. The second kappa shape index (κ2) is 6.59. The van der Waals surface area contributed by atoms with Gasteiger partial charge in [0.05, 0.1) is 11.7 Å². The Bertz CT molecular complexity index is 292. The Morgan fingerprint density at radius 1 is 1.22 bits per heavy atom. The summed E-state index contributed by atoms with van der Waals surface area (Å²) in [6.07, 6.45) is 5.59. The van der Waals surface area contributed by atoms with Crippen LogP contribution in [0.4, 0.5) is 0 Å². The highest BCUT2D eigenvalue weighted by molar-refractivity contribution is 5.09. The SMILES string of the molecule is CCOC1(C(O)CC#CC(C)(C)C)CCCCC1. The first-order chi connectivity index (χ1) is 8.40. The molecule has 2 heteroatoms. The second-order valence-corrected chi connectivity index (χ2v) is 6.33. The van der Waals surface area contributed by atoms with E-state index in [9.17, 15) is 5.11 Å². The van der Waals surface area contributed by atoms with Crippen LogP contribution in [0.5, 0.6) is 0 Å². The van der Waals surface area contributed by atoms with Crippen LogP contribution in [-0.4, -0.2) is 23.4 Å². The first kappa shape index (κ1) is 15.5. The second-order valence-electron chi connectivity index (χ2n) is 6.33. The number of aliphatic hydroxyl groups excluding tert-OH is 1. The van der Waals surface area contributed by atoms with E-state index in [1.165, 1.54) is 6.42 Å². The molecule has 0 aromatic carbocycles. The highest BCUT2D eigenvalue weighted by Crippen LogP contribution is 2.35. The van der Waals surface area contributed by atoms with Gasteiger partial charge in [-0.25, -0.2) is 0 Å². The van der Waals surface area contributed by atoms with E-state index in [0.29, 0.717) is 13.0 Å². The van der Waals surface area contributed by atoms with Gasteiger partial charge < -0.3 is 9.84 Å². The summed E-state index contributed by atoms with van der Waals surface area (Å²) >= 11 is 0. The van der Waals surface area contributed by atoms with Crippen molar-refractivity contribution in [3.8, 4) is 11.8 Å². The van der Waals surface area contributed by atoms with Crippen molar-refractivity contribution in [2.24, 2.45) is 5.41 Å². The minimum absolute atomic E-state index is 0.00502. The fourth-order valence-corrected chi connectivity index (χ4v) is 2.61. The number of hydrogen-bond donors (Lipinski definition) is 1. The van der Waals surface area contributed by atoms with E-state index in [-0.39, 0.29) is 11.0 Å². The first-order valence-corrected chi connectivity index (χ1v) is 7.22. The van der Waals surface area contributed by atoms with Crippen LogP contribution in [0.25, 0.3) is 0 Å². The zero-order valence-corrected chi connectivity index (χ0v) is 12.4. The summed E-state index contributed by atoms with van der Waals surface area (Å²) in [6.45, 7) is 8.94. The van der Waals surface area contributed by atoms with E-state index in [4.69, 9.17) is 4.74 Å². The molecule has 1 unspecified atom stereocenters. The molecule has 0 aromatic heterocycles. The van der Waals surface area contributed by atoms with Gasteiger partial charge in [-0.2, -0.15) is 0 Å². The van der Waals surface area contributed by atoms with Crippen molar-refractivity contribution < 1.29 is 9.84 Å². The maximum Gasteiger partial charge on any atom is 0.0949 e. The molecule has 1 rings (SSSR count). The van der Waals surface area contributed by atoms with Crippen LogP contribution in [0.3, 0.4) is 0 Å². The molecule has 1 aliphatic carbocycles. The van der Waals surface area contributed by atoms with Crippen molar-refractivity contribution in [1.82, 2.24) is 0 Å². The van der Waals surface area contributed by atoms with Crippen LogP contribution in [0, 0.1) is 17.3 Å². The molecule has 104 valence electrons. The van der Waals surface area contributed by atoms with Crippen LogP contribution >= 0.6 is 0 Å². The molecule has 1 N–H and O–H groups in total. The quantitative estimate of drug-likeness (QED) is 0.776. The molecule has 1 fully saturated rings. The first-order valence-electron chi connectivity index (χ1n) is 7.22. The number of aliphatic hydroxyl groups is 1. The summed E-state index contributed by atoms with van der Waals surface area (Å²) in [5.74, 6) is 6.31. The molecule has 1 saturated carbocycles. The van der Waals surface area contributed by atoms with Gasteiger partial charge in [0, 0.05) is 18.4 Å². The molecule has 0 amide bonds. The van der Waals surface area contributed by atoms with Crippen LogP contribution < -0.4 is 0 Å². The molecule has 1 aliphatic rings. The summed E-state index contributed by atoms with van der Waals surface area (Å²) in [5, 5.41) is 10.4. The Morgan fingerprint density at radius 2 is 1.83 bits per heavy atom. The van der Waals surface area contributed by atoms with E-state index in [1.807, 2.05) is 6.92 Å². The molecular formula is C16H28O2. The molecule has 0 bridgehead atoms. The minimum atomic E-state index is -0.451. The van der Waals surface area contributed by atoms with Gasteiger partial charge in [0.15, 0.2) is 0 Å². The fourth-order valence-electron chi connectivity index (χ4n) is 2.61. The van der Waals surface area contributed by atoms with Gasteiger partial charge in [-0.1, -0.05) is 31.1 Å². The van der Waals surface area contributed by atoms with Gasteiger partial charge in [-0.05, 0) is 40.5 Å². The standard InChI is InChI=1S/C16H28O2/c1-5-18-16(12-7-6-8-13-16)14(17)10-9-11-15(2,3)4/h14,17H,5-8,10,12-13H2,1-4H3. The largest absolute Gasteiger partial charge is 0.389 e. The molecular weight excluding hydrogens is 224 g/mol. The molecule has 0 aliphatic heterocycles. The lowest BCUT2D eigenvalue weighted by atomic mass is 9.79. The van der Waals surface area contributed by atoms with Gasteiger partial charge in [0.25, 0.3) is 0 Å². The van der Waals surface area contributed by atoms with E-state index >= 15 is 0 Å². The normalized spacial score (nSPS) is 20.9. The van der Waals surface area contributed by atoms with E-state index in [2.05, 4.69) is 32.6 Å². The lowest BCUT2D eigenvalue weighted by molar-refractivity contribution is -0.137. The van der Waals surface area contributed by atoms with Crippen molar-refractivity contribution >= 4 is 0 Å². The Morgan fingerprint density at radius 3 is 2.33 bits per heavy atom.